The third kappa shape index (κ3) is 7.70. The van der Waals surface area contributed by atoms with Crippen LogP contribution in [0.3, 0.4) is 0 Å². The van der Waals surface area contributed by atoms with Crippen LogP contribution in [0.5, 0.6) is 11.5 Å². The topological polar surface area (TPSA) is 83.1 Å². The average Bonchev–Trinajstić information content (AvgIpc) is 2.97. The first kappa shape index (κ1) is 27.9. The van der Waals surface area contributed by atoms with Crippen molar-refractivity contribution >= 4 is 40.5 Å². The number of amides is 2. The lowest BCUT2D eigenvalue weighted by molar-refractivity contribution is 0.0746. The van der Waals surface area contributed by atoms with E-state index in [-0.39, 0.29) is 16.9 Å². The van der Waals surface area contributed by atoms with Gasteiger partial charge in [0.1, 0.15) is 11.5 Å². The van der Waals surface area contributed by atoms with Gasteiger partial charge in [-0.05, 0) is 85.4 Å². The van der Waals surface area contributed by atoms with E-state index in [2.05, 4.69) is 22.5 Å². The van der Waals surface area contributed by atoms with Crippen molar-refractivity contribution in [3.05, 3.63) is 83.9 Å². The Balaban J connectivity index is 1.25. The molecule has 0 unspecified atom stereocenters. The van der Waals surface area contributed by atoms with E-state index in [4.69, 9.17) is 21.7 Å². The zero-order valence-corrected chi connectivity index (χ0v) is 23.1. The fourth-order valence-electron chi connectivity index (χ4n) is 4.24. The summed E-state index contributed by atoms with van der Waals surface area (Å²) in [7, 11) is 1.61. The fourth-order valence-corrected chi connectivity index (χ4v) is 4.45. The number of carbonyl (C=O) groups excluding carboxylic acids is 2. The van der Waals surface area contributed by atoms with Crippen LogP contribution < -0.4 is 25.0 Å². The summed E-state index contributed by atoms with van der Waals surface area (Å²) in [6.07, 6.45) is 2.01. The number of benzene rings is 3. The Kier molecular flexibility index (Phi) is 9.74. The van der Waals surface area contributed by atoms with E-state index in [1.54, 1.807) is 49.6 Å². The summed E-state index contributed by atoms with van der Waals surface area (Å²) in [5.74, 6) is 1.13. The maximum atomic E-state index is 12.8. The summed E-state index contributed by atoms with van der Waals surface area (Å²) in [5.41, 5.74) is 2.98. The van der Waals surface area contributed by atoms with Gasteiger partial charge >= 0.3 is 0 Å². The number of nitrogens with zero attached hydrogens (tertiary/aromatic N) is 2. The monoisotopic (exact) mass is 546 g/mol. The van der Waals surface area contributed by atoms with Crippen LogP contribution in [-0.2, 0) is 0 Å². The Hall–Kier alpha value is -4.11. The average molecular weight is 547 g/mol. The summed E-state index contributed by atoms with van der Waals surface area (Å²) in [6, 6.07) is 22.1. The quantitative estimate of drug-likeness (QED) is 0.290. The lowest BCUT2D eigenvalue weighted by Gasteiger charge is -2.36. The van der Waals surface area contributed by atoms with Crippen molar-refractivity contribution in [3.63, 3.8) is 0 Å². The van der Waals surface area contributed by atoms with Crippen molar-refractivity contribution in [1.29, 1.82) is 0 Å². The molecular weight excluding hydrogens is 512 g/mol. The number of methoxy groups -OCH3 is 1. The molecule has 3 aromatic rings. The molecule has 0 saturated carbocycles. The van der Waals surface area contributed by atoms with Gasteiger partial charge in [-0.1, -0.05) is 19.4 Å². The Bertz CT molecular complexity index is 1270. The second-order valence-electron chi connectivity index (χ2n) is 9.19. The molecule has 3 aromatic carbocycles. The standard InChI is InChI=1S/C30H34N4O4S/c1-3-4-20-38-27-7-5-6-23(21-27)28(35)32-30(39)31-24-10-12-25(13-11-24)33-16-18-34(19-17-33)29(36)22-8-14-26(37-2)15-9-22/h5-15,21H,3-4,16-20H2,1-2H3,(H2,31,32,35,39). The summed E-state index contributed by atoms with van der Waals surface area (Å²) in [5, 5.41) is 6.01. The molecule has 0 aliphatic carbocycles. The Labute approximate surface area is 234 Å². The van der Waals surface area contributed by atoms with Crippen LogP contribution in [0.25, 0.3) is 0 Å². The first-order chi connectivity index (χ1) is 19.0. The number of nitrogens with one attached hydrogen (secondary N) is 2. The molecule has 1 heterocycles. The zero-order valence-electron chi connectivity index (χ0n) is 22.3. The van der Waals surface area contributed by atoms with Crippen LogP contribution in [0, 0.1) is 0 Å². The van der Waals surface area contributed by atoms with Gasteiger partial charge in [-0.25, -0.2) is 0 Å². The summed E-state index contributed by atoms with van der Waals surface area (Å²) in [4.78, 5) is 29.6. The highest BCUT2D eigenvalue weighted by Gasteiger charge is 2.22. The van der Waals surface area contributed by atoms with Crippen LogP contribution in [0.1, 0.15) is 40.5 Å². The van der Waals surface area contributed by atoms with Crippen LogP contribution in [0.2, 0.25) is 0 Å². The fraction of sp³-hybridized carbons (Fsp3) is 0.300. The van der Waals surface area contributed by atoms with Crippen LogP contribution >= 0.6 is 12.2 Å². The van der Waals surface area contributed by atoms with Crippen molar-refractivity contribution in [3.8, 4) is 11.5 Å². The minimum atomic E-state index is -0.299. The molecule has 9 heteroatoms. The molecule has 1 fully saturated rings. The Morgan fingerprint density at radius 3 is 2.28 bits per heavy atom. The van der Waals surface area contributed by atoms with E-state index in [9.17, 15) is 9.59 Å². The highest BCUT2D eigenvalue weighted by molar-refractivity contribution is 7.80. The van der Waals surface area contributed by atoms with E-state index in [0.29, 0.717) is 36.6 Å². The highest BCUT2D eigenvalue weighted by Crippen LogP contribution is 2.21. The molecule has 1 saturated heterocycles. The summed E-state index contributed by atoms with van der Waals surface area (Å²) >= 11 is 5.35. The lowest BCUT2D eigenvalue weighted by atomic mass is 10.1. The Morgan fingerprint density at radius 2 is 1.62 bits per heavy atom. The Morgan fingerprint density at radius 1 is 0.897 bits per heavy atom. The number of ether oxygens (including phenoxy) is 2. The van der Waals surface area contributed by atoms with Gasteiger partial charge in [-0.3, -0.25) is 14.9 Å². The number of thiocarbonyl (C=S) groups is 1. The predicted octanol–water partition coefficient (Wildman–Crippen LogP) is 4.96. The van der Waals surface area contributed by atoms with Gasteiger partial charge in [0.15, 0.2) is 5.11 Å². The number of anilines is 2. The molecule has 8 nitrogen and oxygen atoms in total. The molecule has 0 spiro atoms. The maximum absolute atomic E-state index is 12.8. The van der Waals surface area contributed by atoms with Crippen molar-refractivity contribution in [2.24, 2.45) is 0 Å². The van der Waals surface area contributed by atoms with Crippen LogP contribution in [0.4, 0.5) is 11.4 Å². The number of unbranched alkanes of at least 4 members (excludes halogenated alkanes) is 1. The molecule has 2 N–H and O–H groups in total. The first-order valence-electron chi connectivity index (χ1n) is 13.1. The molecule has 39 heavy (non-hydrogen) atoms. The van der Waals surface area contributed by atoms with Gasteiger partial charge in [0, 0.05) is 48.7 Å². The number of hydrogen-bond donors (Lipinski definition) is 2. The van der Waals surface area contributed by atoms with E-state index in [1.165, 1.54) is 0 Å². The molecule has 204 valence electrons. The summed E-state index contributed by atoms with van der Waals surface area (Å²) < 4.78 is 10.9. The molecule has 1 aliphatic heterocycles. The molecule has 1 aliphatic rings. The van der Waals surface area contributed by atoms with E-state index >= 15 is 0 Å². The van der Waals surface area contributed by atoms with Crippen molar-refractivity contribution in [2.75, 3.05) is 50.1 Å². The molecular formula is C30H34N4O4S. The third-order valence-corrected chi connectivity index (χ3v) is 6.69. The smallest absolute Gasteiger partial charge is 0.257 e. The normalized spacial score (nSPS) is 13.0. The van der Waals surface area contributed by atoms with Gasteiger partial charge in [-0.15, -0.1) is 0 Å². The molecule has 0 bridgehead atoms. The van der Waals surface area contributed by atoms with Gasteiger partial charge in [0.05, 0.1) is 13.7 Å². The molecule has 0 aromatic heterocycles. The first-order valence-corrected chi connectivity index (χ1v) is 13.5. The number of carbonyl (C=O) groups is 2. The second kappa shape index (κ2) is 13.6. The summed E-state index contributed by atoms with van der Waals surface area (Å²) in [6.45, 7) is 5.49. The largest absolute Gasteiger partial charge is 0.497 e. The molecule has 0 radical (unpaired) electrons. The van der Waals surface area contributed by atoms with Gasteiger partial charge in [0.2, 0.25) is 0 Å². The highest BCUT2D eigenvalue weighted by atomic mass is 32.1. The molecule has 4 rings (SSSR count). The second-order valence-corrected chi connectivity index (χ2v) is 9.60. The van der Waals surface area contributed by atoms with Gasteiger partial charge in [-0.2, -0.15) is 0 Å². The van der Waals surface area contributed by atoms with Crippen LogP contribution in [-0.4, -0.2) is 61.7 Å². The SMILES string of the molecule is CCCCOc1cccc(C(=O)NC(=S)Nc2ccc(N3CCN(C(=O)c4ccc(OC)cc4)CC3)cc2)c1. The maximum Gasteiger partial charge on any atom is 0.257 e. The van der Waals surface area contributed by atoms with E-state index in [0.717, 1.165) is 43.1 Å². The zero-order chi connectivity index (χ0) is 27.6. The van der Waals surface area contributed by atoms with Crippen molar-refractivity contribution in [1.82, 2.24) is 10.2 Å². The predicted molar refractivity (Wildman–Crippen MR) is 158 cm³/mol. The van der Waals surface area contributed by atoms with Gasteiger partial charge < -0.3 is 24.6 Å². The van der Waals surface area contributed by atoms with Gasteiger partial charge in [0.25, 0.3) is 11.8 Å². The minimum Gasteiger partial charge on any atom is -0.497 e. The minimum absolute atomic E-state index is 0.0307. The van der Waals surface area contributed by atoms with Crippen LogP contribution in [0.15, 0.2) is 72.8 Å². The van der Waals surface area contributed by atoms with E-state index in [1.807, 2.05) is 35.2 Å². The third-order valence-electron chi connectivity index (χ3n) is 6.48. The number of piperazine rings is 1. The number of hydrogen-bond acceptors (Lipinski definition) is 6. The number of rotatable bonds is 9. The molecule has 0 atom stereocenters. The molecule has 2 amide bonds. The van der Waals surface area contributed by atoms with E-state index < -0.39 is 0 Å². The van der Waals surface area contributed by atoms with Crippen molar-refractivity contribution < 1.29 is 19.1 Å². The lowest BCUT2D eigenvalue weighted by Crippen LogP contribution is -2.48. The van der Waals surface area contributed by atoms with Crippen molar-refractivity contribution in [2.45, 2.75) is 19.8 Å².